The Morgan fingerprint density at radius 2 is 2.00 bits per heavy atom. The van der Waals surface area contributed by atoms with Crippen LogP contribution in [0.25, 0.3) is 11.4 Å². The molecule has 2 aromatic carbocycles. The van der Waals surface area contributed by atoms with Crippen molar-refractivity contribution in [3.8, 4) is 22.9 Å². The molecule has 3 aromatic rings. The molecule has 0 saturated carbocycles. The van der Waals surface area contributed by atoms with Gasteiger partial charge in [0.25, 0.3) is 0 Å². The molecule has 2 heterocycles. The molecule has 156 valence electrons. The fourth-order valence-corrected chi connectivity index (χ4v) is 4.37. The molecule has 1 N–H and O–H groups in total. The summed E-state index contributed by atoms with van der Waals surface area (Å²) in [6, 6.07) is 10.5. The highest BCUT2D eigenvalue weighted by Gasteiger charge is 2.22. The number of nitrogens with zero attached hydrogens (tertiary/aromatic N) is 3. The molecule has 0 spiro atoms. The van der Waals surface area contributed by atoms with Crippen LogP contribution < -0.4 is 14.8 Å². The summed E-state index contributed by atoms with van der Waals surface area (Å²) in [5.41, 5.74) is 1.38. The van der Waals surface area contributed by atoms with Crippen LogP contribution in [0.5, 0.6) is 11.5 Å². The Kier molecular flexibility index (Phi) is 6.08. The number of anilines is 1. The first-order valence-electron chi connectivity index (χ1n) is 9.22. The van der Waals surface area contributed by atoms with Crippen LogP contribution in [0.3, 0.4) is 0 Å². The highest BCUT2D eigenvalue weighted by molar-refractivity contribution is 8.00. The molecule has 1 amide bonds. The van der Waals surface area contributed by atoms with Crippen molar-refractivity contribution in [2.45, 2.75) is 30.8 Å². The van der Waals surface area contributed by atoms with Crippen molar-refractivity contribution in [3.05, 3.63) is 46.4 Å². The molecule has 4 rings (SSSR count). The standard InChI is InChI=1S/C20H18Cl2N4O3S/c1-3-26-18(14-6-4-12(21)8-15(14)22)24-25-20(26)30-11(2)19(27)23-13-5-7-16-17(9-13)29-10-28-16/h4-9,11H,3,10H2,1-2H3,(H,23,27). The predicted octanol–water partition coefficient (Wildman–Crippen LogP) is 5.12. The molecule has 0 fully saturated rings. The molecule has 0 radical (unpaired) electrons. The monoisotopic (exact) mass is 464 g/mol. The van der Waals surface area contributed by atoms with Crippen LogP contribution in [0.15, 0.2) is 41.6 Å². The average Bonchev–Trinajstić information content (AvgIpc) is 3.34. The highest BCUT2D eigenvalue weighted by atomic mass is 35.5. The summed E-state index contributed by atoms with van der Waals surface area (Å²) < 4.78 is 12.6. The van der Waals surface area contributed by atoms with Crippen LogP contribution in [-0.2, 0) is 11.3 Å². The molecular formula is C20H18Cl2N4O3S. The van der Waals surface area contributed by atoms with Gasteiger partial charge in [-0.3, -0.25) is 4.79 Å². The number of halogens is 2. The van der Waals surface area contributed by atoms with Gasteiger partial charge in [-0.1, -0.05) is 35.0 Å². The Morgan fingerprint density at radius 1 is 1.20 bits per heavy atom. The zero-order valence-corrected chi connectivity index (χ0v) is 18.5. The van der Waals surface area contributed by atoms with E-state index in [1.807, 2.05) is 24.5 Å². The van der Waals surface area contributed by atoms with Gasteiger partial charge in [-0.2, -0.15) is 0 Å². The SMILES string of the molecule is CCn1c(SC(C)C(=O)Nc2ccc3c(c2)OCO3)nnc1-c1ccc(Cl)cc1Cl. The summed E-state index contributed by atoms with van der Waals surface area (Å²) in [4.78, 5) is 12.7. The highest BCUT2D eigenvalue weighted by Crippen LogP contribution is 2.35. The third-order valence-electron chi connectivity index (χ3n) is 4.50. The van der Waals surface area contributed by atoms with E-state index in [1.54, 1.807) is 30.3 Å². The van der Waals surface area contributed by atoms with Gasteiger partial charge in [0, 0.05) is 28.9 Å². The van der Waals surface area contributed by atoms with Crippen molar-refractivity contribution in [3.63, 3.8) is 0 Å². The van der Waals surface area contributed by atoms with Crippen molar-refractivity contribution >= 4 is 46.6 Å². The largest absolute Gasteiger partial charge is 0.454 e. The van der Waals surface area contributed by atoms with Crippen LogP contribution >= 0.6 is 35.0 Å². The Bertz CT molecular complexity index is 1110. The lowest BCUT2D eigenvalue weighted by Crippen LogP contribution is -2.23. The number of hydrogen-bond donors (Lipinski definition) is 1. The van der Waals surface area contributed by atoms with Crippen molar-refractivity contribution in [1.82, 2.24) is 14.8 Å². The second-order valence-corrected chi connectivity index (χ2v) is 8.64. The van der Waals surface area contributed by atoms with E-state index in [9.17, 15) is 4.79 Å². The topological polar surface area (TPSA) is 78.3 Å². The molecular weight excluding hydrogens is 447 g/mol. The van der Waals surface area contributed by atoms with Gasteiger partial charge >= 0.3 is 0 Å². The third-order valence-corrected chi connectivity index (χ3v) is 6.12. The minimum absolute atomic E-state index is 0.157. The minimum atomic E-state index is -0.404. The predicted molar refractivity (Wildman–Crippen MR) is 118 cm³/mol. The van der Waals surface area contributed by atoms with Gasteiger partial charge in [0.1, 0.15) is 0 Å². The maximum absolute atomic E-state index is 12.7. The first-order chi connectivity index (χ1) is 14.5. The maximum atomic E-state index is 12.7. The second kappa shape index (κ2) is 8.75. The number of rotatable bonds is 6. The minimum Gasteiger partial charge on any atom is -0.454 e. The summed E-state index contributed by atoms with van der Waals surface area (Å²) in [6.07, 6.45) is 0. The lowest BCUT2D eigenvalue weighted by atomic mass is 10.2. The Labute approximate surface area is 187 Å². The number of benzene rings is 2. The van der Waals surface area contributed by atoms with E-state index >= 15 is 0 Å². The van der Waals surface area contributed by atoms with Crippen LogP contribution in [0, 0.1) is 0 Å². The Hall–Kier alpha value is -2.42. The van der Waals surface area contributed by atoms with Gasteiger partial charge in [-0.05, 0) is 44.2 Å². The van der Waals surface area contributed by atoms with Gasteiger partial charge in [0.2, 0.25) is 12.7 Å². The Balaban J connectivity index is 1.49. The number of fused-ring (bicyclic) bond motifs is 1. The molecule has 0 saturated heterocycles. The molecule has 1 unspecified atom stereocenters. The first kappa shape index (κ1) is 20.8. The Morgan fingerprint density at radius 3 is 2.77 bits per heavy atom. The molecule has 1 aliphatic heterocycles. The zero-order chi connectivity index (χ0) is 21.3. The number of nitrogens with one attached hydrogen (secondary N) is 1. The number of hydrogen-bond acceptors (Lipinski definition) is 6. The number of ether oxygens (including phenoxy) is 2. The molecule has 1 atom stereocenters. The smallest absolute Gasteiger partial charge is 0.237 e. The second-order valence-electron chi connectivity index (χ2n) is 6.49. The molecule has 30 heavy (non-hydrogen) atoms. The van der Waals surface area contributed by atoms with Crippen molar-refractivity contribution in [2.24, 2.45) is 0 Å². The van der Waals surface area contributed by atoms with Gasteiger partial charge < -0.3 is 19.4 Å². The van der Waals surface area contributed by atoms with E-state index in [2.05, 4.69) is 15.5 Å². The van der Waals surface area contributed by atoms with Crippen molar-refractivity contribution < 1.29 is 14.3 Å². The zero-order valence-electron chi connectivity index (χ0n) is 16.2. The van der Waals surface area contributed by atoms with E-state index in [0.29, 0.717) is 44.8 Å². The molecule has 10 heteroatoms. The lowest BCUT2D eigenvalue weighted by Gasteiger charge is -2.13. The lowest BCUT2D eigenvalue weighted by molar-refractivity contribution is -0.115. The normalized spacial score (nSPS) is 13.3. The van der Waals surface area contributed by atoms with Gasteiger partial charge in [0.15, 0.2) is 22.5 Å². The van der Waals surface area contributed by atoms with E-state index in [0.717, 1.165) is 5.56 Å². The van der Waals surface area contributed by atoms with E-state index in [-0.39, 0.29) is 12.7 Å². The number of carbonyl (C=O) groups excluding carboxylic acids is 1. The van der Waals surface area contributed by atoms with E-state index < -0.39 is 5.25 Å². The van der Waals surface area contributed by atoms with Crippen LogP contribution in [0.4, 0.5) is 5.69 Å². The first-order valence-corrected chi connectivity index (χ1v) is 10.9. The van der Waals surface area contributed by atoms with Crippen molar-refractivity contribution in [2.75, 3.05) is 12.1 Å². The average molecular weight is 465 g/mol. The molecule has 0 aliphatic carbocycles. The summed E-state index contributed by atoms with van der Waals surface area (Å²) >= 11 is 13.7. The van der Waals surface area contributed by atoms with Gasteiger partial charge in [-0.15, -0.1) is 10.2 Å². The fourth-order valence-electron chi connectivity index (χ4n) is 2.96. The number of thioether (sulfide) groups is 1. The molecule has 1 aromatic heterocycles. The van der Waals surface area contributed by atoms with E-state index in [4.69, 9.17) is 32.7 Å². The van der Waals surface area contributed by atoms with Gasteiger partial charge in [0.05, 0.1) is 10.3 Å². The number of amides is 1. The van der Waals surface area contributed by atoms with Crippen molar-refractivity contribution in [1.29, 1.82) is 0 Å². The quantitative estimate of drug-likeness (QED) is 0.510. The summed E-state index contributed by atoms with van der Waals surface area (Å²) in [6.45, 7) is 4.61. The number of aromatic nitrogens is 3. The van der Waals surface area contributed by atoms with Crippen LogP contribution in [0.2, 0.25) is 10.0 Å². The van der Waals surface area contributed by atoms with Crippen LogP contribution in [-0.4, -0.2) is 32.7 Å². The van der Waals surface area contributed by atoms with E-state index in [1.165, 1.54) is 11.8 Å². The maximum Gasteiger partial charge on any atom is 0.237 e. The molecule has 7 nitrogen and oxygen atoms in total. The number of carbonyl (C=O) groups is 1. The van der Waals surface area contributed by atoms with Gasteiger partial charge in [-0.25, -0.2) is 0 Å². The molecule has 0 bridgehead atoms. The summed E-state index contributed by atoms with van der Waals surface area (Å²) in [7, 11) is 0. The summed E-state index contributed by atoms with van der Waals surface area (Å²) in [5, 5.41) is 12.7. The summed E-state index contributed by atoms with van der Waals surface area (Å²) in [5.74, 6) is 1.75. The molecule has 1 aliphatic rings. The third kappa shape index (κ3) is 4.21. The fraction of sp³-hybridized carbons (Fsp3) is 0.250. The van der Waals surface area contributed by atoms with Crippen LogP contribution in [0.1, 0.15) is 13.8 Å².